The lowest BCUT2D eigenvalue weighted by Gasteiger charge is -2.08. The van der Waals surface area contributed by atoms with E-state index in [1.54, 1.807) is 6.07 Å². The van der Waals surface area contributed by atoms with Crippen LogP contribution in [0.25, 0.3) is 10.9 Å². The van der Waals surface area contributed by atoms with Crippen molar-refractivity contribution in [2.24, 2.45) is 0 Å². The minimum atomic E-state index is -4.34. The molecule has 22 heavy (non-hydrogen) atoms. The number of hydrogen-bond acceptors (Lipinski definition) is 2. The van der Waals surface area contributed by atoms with E-state index in [1.165, 1.54) is 12.1 Å². The van der Waals surface area contributed by atoms with Crippen LogP contribution in [0.4, 0.5) is 18.9 Å². The lowest BCUT2D eigenvalue weighted by Crippen LogP contribution is -2.04. The van der Waals surface area contributed by atoms with Crippen LogP contribution in [0.5, 0.6) is 5.75 Å². The zero-order valence-corrected chi connectivity index (χ0v) is 11.4. The number of nitrogens with two attached hydrogens (primary N) is 1. The molecule has 3 rings (SSSR count). The molecule has 1 heterocycles. The number of alkyl halides is 3. The zero-order chi connectivity index (χ0) is 15.7. The molecule has 3 aromatic rings. The zero-order valence-electron chi connectivity index (χ0n) is 11.4. The van der Waals surface area contributed by atoms with E-state index in [0.29, 0.717) is 11.4 Å². The van der Waals surface area contributed by atoms with Crippen molar-refractivity contribution in [2.75, 3.05) is 5.73 Å². The van der Waals surface area contributed by atoms with Gasteiger partial charge < -0.3 is 15.5 Å². The molecule has 0 bridgehead atoms. The van der Waals surface area contributed by atoms with E-state index in [-0.39, 0.29) is 6.61 Å². The molecule has 0 aliphatic heterocycles. The van der Waals surface area contributed by atoms with E-state index in [1.807, 2.05) is 18.2 Å². The molecule has 114 valence electrons. The molecule has 0 atom stereocenters. The van der Waals surface area contributed by atoms with E-state index in [4.69, 9.17) is 10.5 Å². The Hall–Kier alpha value is -2.63. The van der Waals surface area contributed by atoms with Gasteiger partial charge in [0.2, 0.25) is 0 Å². The molecule has 0 unspecified atom stereocenters. The Morgan fingerprint density at radius 3 is 2.41 bits per heavy atom. The van der Waals surface area contributed by atoms with Crippen molar-refractivity contribution >= 4 is 16.6 Å². The molecule has 0 amide bonds. The first-order chi connectivity index (χ1) is 10.4. The molecule has 1 aromatic heterocycles. The number of ether oxygens (including phenoxy) is 1. The van der Waals surface area contributed by atoms with Gasteiger partial charge in [0.1, 0.15) is 12.4 Å². The Bertz CT molecular complexity index is 791. The molecule has 0 saturated heterocycles. The first kappa shape index (κ1) is 14.3. The van der Waals surface area contributed by atoms with Crippen molar-refractivity contribution in [1.82, 2.24) is 4.98 Å². The number of rotatable bonds is 3. The van der Waals surface area contributed by atoms with Gasteiger partial charge in [-0.2, -0.15) is 13.2 Å². The van der Waals surface area contributed by atoms with Crippen molar-refractivity contribution in [3.05, 3.63) is 59.8 Å². The summed E-state index contributed by atoms with van der Waals surface area (Å²) < 4.78 is 42.9. The Morgan fingerprint density at radius 2 is 1.73 bits per heavy atom. The van der Waals surface area contributed by atoms with E-state index in [2.05, 4.69) is 4.98 Å². The number of nitrogen functional groups attached to an aromatic ring is 1. The monoisotopic (exact) mass is 306 g/mol. The van der Waals surface area contributed by atoms with Crippen molar-refractivity contribution in [3.8, 4) is 5.75 Å². The van der Waals surface area contributed by atoms with Gasteiger partial charge in [0.05, 0.1) is 11.3 Å². The van der Waals surface area contributed by atoms with Crippen molar-refractivity contribution in [2.45, 2.75) is 12.8 Å². The Kier molecular flexibility index (Phi) is 3.44. The van der Waals surface area contributed by atoms with E-state index >= 15 is 0 Å². The molecule has 0 aliphatic carbocycles. The standard InChI is InChI=1S/C16H13F3N2O/c17-16(18,19)11-2-5-14(6-3-11)22-9-13-7-10-1-4-12(20)8-15(10)21-13/h1-8,21H,9,20H2. The summed E-state index contributed by atoms with van der Waals surface area (Å²) in [5.74, 6) is 0.381. The molecule has 3 N–H and O–H groups in total. The molecule has 0 spiro atoms. The molecule has 3 nitrogen and oxygen atoms in total. The largest absolute Gasteiger partial charge is 0.487 e. The number of halogens is 3. The minimum absolute atomic E-state index is 0.236. The summed E-state index contributed by atoms with van der Waals surface area (Å²) >= 11 is 0. The third-order valence-corrected chi connectivity index (χ3v) is 3.28. The first-order valence-corrected chi connectivity index (χ1v) is 6.59. The van der Waals surface area contributed by atoms with Crippen LogP contribution in [-0.2, 0) is 12.8 Å². The van der Waals surface area contributed by atoms with E-state index < -0.39 is 11.7 Å². The lowest BCUT2D eigenvalue weighted by atomic mass is 10.2. The molecule has 0 fully saturated rings. The average molecular weight is 306 g/mol. The molecule has 2 aromatic carbocycles. The molecular weight excluding hydrogens is 293 g/mol. The number of nitrogens with one attached hydrogen (secondary N) is 1. The topological polar surface area (TPSA) is 51.0 Å². The summed E-state index contributed by atoms with van der Waals surface area (Å²) in [6, 6.07) is 12.0. The molecule has 6 heteroatoms. The van der Waals surface area contributed by atoms with Crippen LogP contribution in [0.1, 0.15) is 11.3 Å². The fourth-order valence-electron chi connectivity index (χ4n) is 2.18. The summed E-state index contributed by atoms with van der Waals surface area (Å²) in [5, 5.41) is 1.00. The second-order valence-corrected chi connectivity index (χ2v) is 4.95. The number of aromatic amines is 1. The maximum Gasteiger partial charge on any atom is 0.416 e. The predicted molar refractivity (Wildman–Crippen MR) is 78.5 cm³/mol. The van der Waals surface area contributed by atoms with Crippen LogP contribution in [-0.4, -0.2) is 4.98 Å². The van der Waals surface area contributed by atoms with Crippen LogP contribution < -0.4 is 10.5 Å². The summed E-state index contributed by atoms with van der Waals surface area (Å²) in [4.78, 5) is 3.16. The summed E-state index contributed by atoms with van der Waals surface area (Å²) in [6.07, 6.45) is -4.34. The fourth-order valence-corrected chi connectivity index (χ4v) is 2.18. The van der Waals surface area contributed by atoms with Gasteiger partial charge in [0, 0.05) is 11.2 Å². The van der Waals surface area contributed by atoms with Crippen molar-refractivity contribution in [1.29, 1.82) is 0 Å². The summed E-state index contributed by atoms with van der Waals surface area (Å²) in [6.45, 7) is 0.236. The maximum absolute atomic E-state index is 12.5. The van der Waals surface area contributed by atoms with Crippen LogP contribution in [0, 0.1) is 0 Å². The van der Waals surface area contributed by atoms with Gasteiger partial charge >= 0.3 is 6.18 Å². The summed E-state index contributed by atoms with van der Waals surface area (Å²) in [7, 11) is 0. The van der Waals surface area contributed by atoms with Gasteiger partial charge in [0.25, 0.3) is 0 Å². The van der Waals surface area contributed by atoms with Crippen LogP contribution in [0.15, 0.2) is 48.5 Å². The van der Waals surface area contributed by atoms with Gasteiger partial charge in [0.15, 0.2) is 0 Å². The third-order valence-electron chi connectivity index (χ3n) is 3.28. The molecule has 0 saturated carbocycles. The third kappa shape index (κ3) is 3.00. The fraction of sp³-hybridized carbons (Fsp3) is 0.125. The minimum Gasteiger partial charge on any atom is -0.487 e. The SMILES string of the molecule is Nc1ccc2cc(COc3ccc(C(F)(F)F)cc3)[nH]c2c1. The smallest absolute Gasteiger partial charge is 0.416 e. The highest BCUT2D eigenvalue weighted by Crippen LogP contribution is 2.30. The highest BCUT2D eigenvalue weighted by atomic mass is 19.4. The number of benzene rings is 2. The van der Waals surface area contributed by atoms with Crippen LogP contribution in [0.3, 0.4) is 0 Å². The number of aromatic nitrogens is 1. The highest BCUT2D eigenvalue weighted by Gasteiger charge is 2.29. The van der Waals surface area contributed by atoms with Gasteiger partial charge in [-0.25, -0.2) is 0 Å². The normalized spacial score (nSPS) is 11.8. The van der Waals surface area contributed by atoms with E-state index in [0.717, 1.165) is 28.7 Å². The summed E-state index contributed by atoms with van der Waals surface area (Å²) in [5.41, 5.74) is 7.38. The lowest BCUT2D eigenvalue weighted by molar-refractivity contribution is -0.137. The number of hydrogen-bond donors (Lipinski definition) is 2. The number of anilines is 1. The number of fused-ring (bicyclic) bond motifs is 1. The first-order valence-electron chi connectivity index (χ1n) is 6.59. The Labute approximate surface area is 124 Å². The predicted octanol–water partition coefficient (Wildman–Crippen LogP) is 4.35. The van der Waals surface area contributed by atoms with Crippen LogP contribution in [0.2, 0.25) is 0 Å². The van der Waals surface area contributed by atoms with Gasteiger partial charge in [-0.05, 0) is 47.9 Å². The van der Waals surface area contributed by atoms with Crippen LogP contribution >= 0.6 is 0 Å². The molecule has 0 radical (unpaired) electrons. The second kappa shape index (κ2) is 5.29. The quantitative estimate of drug-likeness (QED) is 0.707. The average Bonchev–Trinajstić information content (AvgIpc) is 2.86. The second-order valence-electron chi connectivity index (χ2n) is 4.95. The Morgan fingerprint density at radius 1 is 1.00 bits per heavy atom. The maximum atomic E-state index is 12.5. The van der Waals surface area contributed by atoms with Gasteiger partial charge in [-0.15, -0.1) is 0 Å². The van der Waals surface area contributed by atoms with Gasteiger partial charge in [-0.1, -0.05) is 6.07 Å². The Balaban J connectivity index is 1.71. The van der Waals surface area contributed by atoms with Crippen molar-refractivity contribution < 1.29 is 17.9 Å². The molecule has 0 aliphatic rings. The van der Waals surface area contributed by atoms with Gasteiger partial charge in [-0.3, -0.25) is 0 Å². The van der Waals surface area contributed by atoms with Crippen molar-refractivity contribution in [3.63, 3.8) is 0 Å². The molecular formula is C16H13F3N2O. The highest BCUT2D eigenvalue weighted by molar-refractivity contribution is 5.83. The number of H-pyrrole nitrogens is 1. The van der Waals surface area contributed by atoms with E-state index in [9.17, 15) is 13.2 Å².